The van der Waals surface area contributed by atoms with Crippen LogP contribution in [-0.2, 0) is 6.54 Å². The van der Waals surface area contributed by atoms with E-state index in [4.69, 9.17) is 0 Å². The fraction of sp³-hybridized carbons (Fsp3) is 0.714. The summed E-state index contributed by atoms with van der Waals surface area (Å²) in [6.07, 6.45) is 5.12. The molecule has 0 spiro atoms. The third-order valence-electron chi connectivity index (χ3n) is 3.34. The first kappa shape index (κ1) is 14.6. The van der Waals surface area contributed by atoms with Crippen LogP contribution in [0.2, 0.25) is 0 Å². The van der Waals surface area contributed by atoms with Crippen LogP contribution in [0.15, 0.2) is 12.4 Å². The number of aromatic nitrogens is 2. The summed E-state index contributed by atoms with van der Waals surface area (Å²) >= 11 is 2.01. The van der Waals surface area contributed by atoms with Gasteiger partial charge in [-0.1, -0.05) is 13.8 Å². The van der Waals surface area contributed by atoms with E-state index in [0.717, 1.165) is 24.6 Å². The van der Waals surface area contributed by atoms with E-state index in [1.54, 1.807) is 0 Å². The first-order chi connectivity index (χ1) is 9.16. The summed E-state index contributed by atoms with van der Waals surface area (Å²) < 4.78 is 0. The van der Waals surface area contributed by atoms with Crippen LogP contribution in [0.1, 0.15) is 25.8 Å². The highest BCUT2D eigenvalue weighted by atomic mass is 32.2. The molecular weight excluding hydrogens is 256 g/mol. The summed E-state index contributed by atoms with van der Waals surface area (Å²) in [7, 11) is 2.10. The lowest BCUT2D eigenvalue weighted by molar-refractivity contribution is 0.551. The molecule has 4 nitrogen and oxygen atoms in total. The van der Waals surface area contributed by atoms with E-state index in [-0.39, 0.29) is 0 Å². The maximum Gasteiger partial charge on any atom is 0.225 e. The summed E-state index contributed by atoms with van der Waals surface area (Å²) in [5, 5.41) is 3.41. The van der Waals surface area contributed by atoms with Gasteiger partial charge in [-0.05, 0) is 24.6 Å². The Morgan fingerprint density at radius 3 is 2.74 bits per heavy atom. The van der Waals surface area contributed by atoms with E-state index in [9.17, 15) is 0 Å². The summed E-state index contributed by atoms with van der Waals surface area (Å²) in [4.78, 5) is 11.2. The van der Waals surface area contributed by atoms with Gasteiger partial charge in [0.15, 0.2) is 0 Å². The van der Waals surface area contributed by atoms with Crippen molar-refractivity contribution < 1.29 is 0 Å². The molecule has 1 N–H and O–H groups in total. The van der Waals surface area contributed by atoms with E-state index in [2.05, 4.69) is 41.1 Å². The molecule has 1 saturated heterocycles. The summed E-state index contributed by atoms with van der Waals surface area (Å²) in [6, 6.07) is 0.593. The van der Waals surface area contributed by atoms with Gasteiger partial charge in [0.1, 0.15) is 0 Å². The second kappa shape index (κ2) is 7.10. The van der Waals surface area contributed by atoms with Crippen LogP contribution >= 0.6 is 11.8 Å². The number of thioether (sulfide) groups is 1. The van der Waals surface area contributed by atoms with Gasteiger partial charge in [0.05, 0.1) is 0 Å². The Balaban J connectivity index is 1.86. The Hall–Kier alpha value is -0.810. The van der Waals surface area contributed by atoms with Crippen LogP contribution in [0.5, 0.6) is 0 Å². The van der Waals surface area contributed by atoms with E-state index < -0.39 is 0 Å². The second-order valence-corrected chi connectivity index (χ2v) is 6.69. The molecule has 0 saturated carbocycles. The fourth-order valence-electron chi connectivity index (χ4n) is 2.12. The highest BCUT2D eigenvalue weighted by molar-refractivity contribution is 7.99. The van der Waals surface area contributed by atoms with Crippen molar-refractivity contribution in [2.45, 2.75) is 32.9 Å². The average molecular weight is 280 g/mol. The first-order valence-electron chi connectivity index (χ1n) is 6.99. The third-order valence-corrected chi connectivity index (χ3v) is 4.49. The number of nitrogens with zero attached hydrogens (tertiary/aromatic N) is 3. The summed E-state index contributed by atoms with van der Waals surface area (Å²) in [5.74, 6) is 3.97. The Kier molecular flexibility index (Phi) is 5.45. The molecule has 1 fully saturated rings. The molecule has 1 aliphatic heterocycles. The van der Waals surface area contributed by atoms with E-state index >= 15 is 0 Å². The van der Waals surface area contributed by atoms with Gasteiger partial charge in [0.25, 0.3) is 0 Å². The topological polar surface area (TPSA) is 41.1 Å². The largest absolute Gasteiger partial charge is 0.340 e. The predicted molar refractivity (Wildman–Crippen MR) is 82.7 cm³/mol. The minimum absolute atomic E-state index is 0.593. The van der Waals surface area contributed by atoms with Crippen LogP contribution < -0.4 is 10.2 Å². The molecule has 0 amide bonds. The normalized spacial score (nSPS) is 19.1. The molecule has 2 rings (SSSR count). The van der Waals surface area contributed by atoms with E-state index in [1.807, 2.05) is 24.2 Å². The number of hydrogen-bond donors (Lipinski definition) is 1. The lowest BCUT2D eigenvalue weighted by Crippen LogP contribution is -2.32. The number of nitrogens with one attached hydrogen (secondary N) is 1. The van der Waals surface area contributed by atoms with Crippen molar-refractivity contribution in [2.75, 3.05) is 30.0 Å². The van der Waals surface area contributed by atoms with Crippen LogP contribution in [0, 0.1) is 5.92 Å². The lowest BCUT2D eigenvalue weighted by Gasteiger charge is -2.23. The molecule has 2 heterocycles. The monoisotopic (exact) mass is 280 g/mol. The molecule has 0 aliphatic carbocycles. The maximum atomic E-state index is 4.49. The van der Waals surface area contributed by atoms with E-state index in [0.29, 0.717) is 12.0 Å². The Morgan fingerprint density at radius 1 is 1.42 bits per heavy atom. The summed E-state index contributed by atoms with van der Waals surface area (Å²) in [5.41, 5.74) is 1.15. The zero-order chi connectivity index (χ0) is 13.7. The van der Waals surface area contributed by atoms with E-state index in [1.165, 1.54) is 17.9 Å². The Morgan fingerprint density at radius 2 is 2.16 bits per heavy atom. The fourth-order valence-corrected chi connectivity index (χ4v) is 3.39. The molecule has 0 radical (unpaired) electrons. The molecule has 1 atom stereocenters. The molecule has 1 aromatic rings. The Labute approximate surface area is 120 Å². The van der Waals surface area contributed by atoms with Gasteiger partial charge in [0, 0.05) is 43.3 Å². The van der Waals surface area contributed by atoms with Gasteiger partial charge >= 0.3 is 0 Å². The standard InChI is InChI=1S/C14H24N4S/c1-11(2)6-15-7-12-8-16-14(17-9-12)18(3)13-4-5-19-10-13/h8-9,11,13,15H,4-7,10H2,1-3H3. The van der Waals surface area contributed by atoms with Gasteiger partial charge in [-0.15, -0.1) is 0 Å². The van der Waals surface area contributed by atoms with Crippen molar-refractivity contribution in [3.8, 4) is 0 Å². The first-order valence-corrected chi connectivity index (χ1v) is 8.14. The number of rotatable bonds is 6. The molecule has 19 heavy (non-hydrogen) atoms. The van der Waals surface area contributed by atoms with Crippen LogP contribution in [0.4, 0.5) is 5.95 Å². The molecule has 1 unspecified atom stereocenters. The second-order valence-electron chi connectivity index (χ2n) is 5.54. The van der Waals surface area contributed by atoms with Crippen LogP contribution in [-0.4, -0.2) is 41.1 Å². The molecule has 106 valence electrons. The van der Waals surface area contributed by atoms with Gasteiger partial charge < -0.3 is 10.2 Å². The van der Waals surface area contributed by atoms with Crippen molar-refractivity contribution in [3.63, 3.8) is 0 Å². The van der Waals surface area contributed by atoms with Crippen molar-refractivity contribution in [1.29, 1.82) is 0 Å². The highest BCUT2D eigenvalue weighted by Gasteiger charge is 2.21. The summed E-state index contributed by atoms with van der Waals surface area (Å²) in [6.45, 7) is 6.30. The molecule has 1 aliphatic rings. The zero-order valence-electron chi connectivity index (χ0n) is 12.1. The average Bonchev–Trinajstić information content (AvgIpc) is 2.92. The zero-order valence-corrected chi connectivity index (χ0v) is 12.9. The number of hydrogen-bond acceptors (Lipinski definition) is 5. The minimum atomic E-state index is 0.593. The molecular formula is C14H24N4S. The van der Waals surface area contributed by atoms with Crippen molar-refractivity contribution >= 4 is 17.7 Å². The molecule has 0 aromatic carbocycles. The third kappa shape index (κ3) is 4.35. The minimum Gasteiger partial charge on any atom is -0.340 e. The van der Waals surface area contributed by atoms with Gasteiger partial charge in [-0.25, -0.2) is 9.97 Å². The highest BCUT2D eigenvalue weighted by Crippen LogP contribution is 2.23. The van der Waals surface area contributed by atoms with Crippen molar-refractivity contribution in [2.24, 2.45) is 5.92 Å². The maximum absolute atomic E-state index is 4.49. The van der Waals surface area contributed by atoms with Crippen molar-refractivity contribution in [3.05, 3.63) is 18.0 Å². The Bertz CT molecular complexity index is 374. The van der Waals surface area contributed by atoms with Gasteiger partial charge in [0.2, 0.25) is 5.95 Å². The van der Waals surface area contributed by atoms with Gasteiger partial charge in [-0.2, -0.15) is 11.8 Å². The predicted octanol–water partition coefficient (Wildman–Crippen LogP) is 2.16. The quantitative estimate of drug-likeness (QED) is 0.865. The van der Waals surface area contributed by atoms with Crippen LogP contribution in [0.3, 0.4) is 0 Å². The van der Waals surface area contributed by atoms with Crippen LogP contribution in [0.25, 0.3) is 0 Å². The smallest absolute Gasteiger partial charge is 0.225 e. The van der Waals surface area contributed by atoms with Crippen molar-refractivity contribution in [1.82, 2.24) is 15.3 Å². The molecule has 0 bridgehead atoms. The SMILES string of the molecule is CC(C)CNCc1cnc(N(C)C2CCSC2)nc1. The molecule has 1 aromatic heterocycles. The number of anilines is 1. The van der Waals surface area contributed by atoms with Gasteiger partial charge in [-0.3, -0.25) is 0 Å². The lowest BCUT2D eigenvalue weighted by atomic mass is 10.2. The molecule has 5 heteroatoms.